The van der Waals surface area contributed by atoms with E-state index in [0.29, 0.717) is 11.8 Å². The van der Waals surface area contributed by atoms with Gasteiger partial charge < -0.3 is 10.2 Å². The van der Waals surface area contributed by atoms with Gasteiger partial charge in [0.25, 0.3) is 0 Å². The Morgan fingerprint density at radius 2 is 2.00 bits per heavy atom. The average Bonchev–Trinajstić information content (AvgIpc) is 2.07. The van der Waals surface area contributed by atoms with Crippen LogP contribution in [0.2, 0.25) is 0 Å². The molecule has 1 radical (unpaired) electrons. The number of aldehydes is 1. The van der Waals surface area contributed by atoms with Gasteiger partial charge in [-0.25, -0.2) is 0 Å². The van der Waals surface area contributed by atoms with Crippen molar-refractivity contribution in [1.29, 1.82) is 0 Å². The molecule has 0 bridgehead atoms. The van der Waals surface area contributed by atoms with Crippen molar-refractivity contribution in [2.45, 2.75) is 0 Å². The third-order valence-electron chi connectivity index (χ3n) is 1.29. The maximum atomic E-state index is 9.90. The molecule has 1 rings (SSSR count). The third kappa shape index (κ3) is 1.85. The van der Waals surface area contributed by atoms with Crippen LogP contribution >= 0.6 is 0 Å². The van der Waals surface area contributed by atoms with Crippen LogP contribution in [0.15, 0.2) is 24.3 Å². The van der Waals surface area contributed by atoms with Gasteiger partial charge in [-0.3, -0.25) is 4.79 Å². The average molecular weight is 163 g/mol. The second-order valence-electron chi connectivity index (χ2n) is 2.15. The maximum Gasteiger partial charge on any atom is 0.158 e. The topological polar surface area (TPSA) is 57.5 Å². The highest BCUT2D eigenvalue weighted by atomic mass is 16.3. The van der Waals surface area contributed by atoms with Gasteiger partial charge in [-0.1, -0.05) is 6.07 Å². The smallest absolute Gasteiger partial charge is 0.158 e. The van der Waals surface area contributed by atoms with Crippen molar-refractivity contribution >= 4 is 6.29 Å². The second-order valence-corrected chi connectivity index (χ2v) is 2.15. The highest BCUT2D eigenvalue weighted by Crippen LogP contribution is 2.24. The standard InChI is InChI=1S/C9H7O3/c10-5-1-2-7-3-4-8(11)9(12)6-7/h1,3-6,11-12H. The summed E-state index contributed by atoms with van der Waals surface area (Å²) >= 11 is 0. The molecule has 0 aliphatic rings. The number of aromatic hydroxyl groups is 2. The van der Waals surface area contributed by atoms with Crippen LogP contribution < -0.4 is 0 Å². The van der Waals surface area contributed by atoms with Gasteiger partial charge in [0, 0.05) is 0 Å². The summed E-state index contributed by atoms with van der Waals surface area (Å²) < 4.78 is 0. The zero-order valence-corrected chi connectivity index (χ0v) is 6.19. The van der Waals surface area contributed by atoms with Gasteiger partial charge in [-0.05, 0) is 29.8 Å². The van der Waals surface area contributed by atoms with Gasteiger partial charge in [0.1, 0.15) is 6.29 Å². The minimum absolute atomic E-state index is 0.188. The van der Waals surface area contributed by atoms with E-state index in [4.69, 9.17) is 10.2 Å². The van der Waals surface area contributed by atoms with Crippen LogP contribution in [0.5, 0.6) is 11.5 Å². The van der Waals surface area contributed by atoms with Gasteiger partial charge in [-0.2, -0.15) is 0 Å². The van der Waals surface area contributed by atoms with Gasteiger partial charge in [-0.15, -0.1) is 0 Å². The molecule has 2 N–H and O–H groups in total. The summed E-state index contributed by atoms with van der Waals surface area (Å²) in [5, 5.41) is 17.9. The lowest BCUT2D eigenvalue weighted by molar-refractivity contribution is -0.104. The fourth-order valence-electron chi connectivity index (χ4n) is 0.743. The van der Waals surface area contributed by atoms with E-state index < -0.39 is 0 Å². The molecule has 1 aromatic carbocycles. The van der Waals surface area contributed by atoms with Crippen LogP contribution in [0.3, 0.4) is 0 Å². The summed E-state index contributed by atoms with van der Waals surface area (Å²) in [6.45, 7) is 0. The first kappa shape index (κ1) is 8.33. The lowest BCUT2D eigenvalue weighted by atomic mass is 10.2. The van der Waals surface area contributed by atoms with Crippen LogP contribution in [0.25, 0.3) is 0 Å². The zero-order chi connectivity index (χ0) is 8.97. The quantitative estimate of drug-likeness (QED) is 0.388. The third-order valence-corrected chi connectivity index (χ3v) is 1.29. The van der Waals surface area contributed by atoms with Crippen molar-refractivity contribution in [3.63, 3.8) is 0 Å². The molecule has 0 aliphatic carbocycles. The number of hydrogen-bond acceptors (Lipinski definition) is 3. The summed E-state index contributed by atoms with van der Waals surface area (Å²) in [6.07, 6.45) is 4.37. The first-order valence-corrected chi connectivity index (χ1v) is 3.29. The van der Waals surface area contributed by atoms with Crippen LogP contribution in [0.1, 0.15) is 5.56 Å². The molecule has 0 aromatic heterocycles. The Kier molecular flexibility index (Phi) is 2.48. The molecule has 0 heterocycles. The van der Waals surface area contributed by atoms with Gasteiger partial charge >= 0.3 is 0 Å². The normalized spacial score (nSPS) is 10.3. The summed E-state index contributed by atoms with van der Waals surface area (Å²) in [5.74, 6) is -0.411. The Hall–Kier alpha value is -1.77. The predicted octanol–water partition coefficient (Wildman–Crippen LogP) is 1.00. The van der Waals surface area contributed by atoms with Gasteiger partial charge in [0.05, 0.1) is 0 Å². The monoisotopic (exact) mass is 163 g/mol. The van der Waals surface area contributed by atoms with Crippen molar-refractivity contribution in [2.24, 2.45) is 0 Å². The minimum atomic E-state index is -0.223. The SMILES string of the molecule is O=CC=[C]c1ccc(O)c(O)c1. The maximum absolute atomic E-state index is 9.90. The molecule has 3 nitrogen and oxygen atoms in total. The first-order chi connectivity index (χ1) is 5.74. The Morgan fingerprint density at radius 1 is 1.25 bits per heavy atom. The van der Waals surface area contributed by atoms with Crippen molar-refractivity contribution in [3.8, 4) is 11.5 Å². The van der Waals surface area contributed by atoms with Crippen molar-refractivity contribution in [2.75, 3.05) is 0 Å². The minimum Gasteiger partial charge on any atom is -0.504 e. The van der Waals surface area contributed by atoms with E-state index in [1.165, 1.54) is 24.3 Å². The summed E-state index contributed by atoms with van der Waals surface area (Å²) in [7, 11) is 0. The Bertz CT molecular complexity index is 316. The number of allylic oxidation sites excluding steroid dienone is 1. The molecule has 0 saturated heterocycles. The molecule has 0 amide bonds. The van der Waals surface area contributed by atoms with E-state index in [9.17, 15) is 4.79 Å². The summed E-state index contributed by atoms with van der Waals surface area (Å²) in [6, 6.07) is 4.18. The first-order valence-electron chi connectivity index (χ1n) is 3.29. The van der Waals surface area contributed by atoms with Gasteiger partial charge in [0.2, 0.25) is 0 Å². The second kappa shape index (κ2) is 3.57. The number of carbonyl (C=O) groups is 1. The number of carbonyl (C=O) groups excluding carboxylic acids is 1. The highest BCUT2D eigenvalue weighted by Gasteiger charge is 1.97. The summed E-state index contributed by atoms with van der Waals surface area (Å²) in [4.78, 5) is 9.90. The summed E-state index contributed by atoms with van der Waals surface area (Å²) in [5.41, 5.74) is 0.539. The molecule has 3 heteroatoms. The zero-order valence-electron chi connectivity index (χ0n) is 6.19. The molecule has 0 fully saturated rings. The van der Waals surface area contributed by atoms with Crippen LogP contribution in [0, 0.1) is 6.08 Å². The molecule has 0 spiro atoms. The van der Waals surface area contributed by atoms with Gasteiger partial charge in [0.15, 0.2) is 11.5 Å². The Morgan fingerprint density at radius 3 is 2.58 bits per heavy atom. The highest BCUT2D eigenvalue weighted by molar-refractivity contribution is 5.65. The fraction of sp³-hybridized carbons (Fsp3) is 0. The molecular weight excluding hydrogens is 156 g/mol. The van der Waals surface area contributed by atoms with Crippen LogP contribution in [-0.4, -0.2) is 16.5 Å². The number of phenolic OH excluding ortho intramolecular Hbond substituents is 2. The van der Waals surface area contributed by atoms with E-state index >= 15 is 0 Å². The molecule has 0 atom stereocenters. The molecule has 12 heavy (non-hydrogen) atoms. The van der Waals surface area contributed by atoms with E-state index in [-0.39, 0.29) is 11.5 Å². The lowest BCUT2D eigenvalue weighted by Crippen LogP contribution is -1.75. The van der Waals surface area contributed by atoms with Crippen molar-refractivity contribution < 1.29 is 15.0 Å². The van der Waals surface area contributed by atoms with Crippen LogP contribution in [-0.2, 0) is 4.79 Å². The molecule has 61 valence electrons. The Balaban J connectivity index is 2.96. The number of phenols is 2. The number of rotatable bonds is 2. The number of hydrogen-bond donors (Lipinski definition) is 2. The largest absolute Gasteiger partial charge is 0.504 e. The van der Waals surface area contributed by atoms with E-state index in [1.807, 2.05) is 0 Å². The molecule has 1 aromatic rings. The van der Waals surface area contributed by atoms with Crippen molar-refractivity contribution in [3.05, 3.63) is 35.9 Å². The Labute approximate surface area is 69.6 Å². The predicted molar refractivity (Wildman–Crippen MR) is 42.8 cm³/mol. The lowest BCUT2D eigenvalue weighted by Gasteiger charge is -1.96. The van der Waals surface area contributed by atoms with Crippen molar-refractivity contribution in [1.82, 2.24) is 0 Å². The fourth-order valence-corrected chi connectivity index (χ4v) is 0.743. The molecule has 0 unspecified atom stereocenters. The molecule has 0 aliphatic heterocycles. The van der Waals surface area contributed by atoms with E-state index in [0.717, 1.165) is 0 Å². The van der Waals surface area contributed by atoms with E-state index in [1.54, 1.807) is 0 Å². The van der Waals surface area contributed by atoms with Crippen LogP contribution in [0.4, 0.5) is 0 Å². The number of benzene rings is 1. The molecule has 0 saturated carbocycles. The molecular formula is C9H7O3. The van der Waals surface area contributed by atoms with E-state index in [2.05, 4.69) is 6.08 Å².